The van der Waals surface area contributed by atoms with Crippen LogP contribution in [0.1, 0.15) is 74.1 Å². The summed E-state index contributed by atoms with van der Waals surface area (Å²) < 4.78 is 0. The van der Waals surface area contributed by atoms with Crippen LogP contribution in [0, 0.1) is 16.7 Å². The van der Waals surface area contributed by atoms with Crippen LogP contribution in [-0.2, 0) is 4.79 Å². The van der Waals surface area contributed by atoms with E-state index < -0.39 is 0 Å². The van der Waals surface area contributed by atoms with Crippen molar-refractivity contribution >= 4 is 5.78 Å². The first kappa shape index (κ1) is 15.5. The van der Waals surface area contributed by atoms with Crippen LogP contribution in [0.4, 0.5) is 0 Å². The first-order valence-corrected chi connectivity index (χ1v) is 7.33. The molecule has 0 aliphatic heterocycles. The van der Waals surface area contributed by atoms with Gasteiger partial charge in [0.1, 0.15) is 5.78 Å². The molecule has 0 spiro atoms. The van der Waals surface area contributed by atoms with Gasteiger partial charge >= 0.3 is 0 Å². The predicted octanol–water partition coefficient (Wildman–Crippen LogP) is 5.15. The highest BCUT2D eigenvalue weighted by molar-refractivity contribution is 5.85. The molecule has 1 atom stereocenters. The van der Waals surface area contributed by atoms with E-state index in [1.54, 1.807) is 0 Å². The van der Waals surface area contributed by atoms with Crippen molar-refractivity contribution in [3.63, 3.8) is 0 Å². The summed E-state index contributed by atoms with van der Waals surface area (Å²) in [6, 6.07) is 0. The van der Waals surface area contributed by atoms with Gasteiger partial charge in [-0.2, -0.15) is 0 Å². The highest BCUT2D eigenvalue weighted by Gasteiger charge is 2.36. The van der Waals surface area contributed by atoms with Crippen LogP contribution in [0.3, 0.4) is 0 Å². The summed E-state index contributed by atoms with van der Waals surface area (Å²) in [4.78, 5) is 12.3. The maximum atomic E-state index is 12.3. The number of allylic oxidation sites excluding steroid dienone is 2. The molecule has 104 valence electrons. The second-order valence-electron chi connectivity index (χ2n) is 7.79. The lowest BCUT2D eigenvalue weighted by Crippen LogP contribution is -2.31. The number of carbonyl (C=O) groups excluding carboxylic acids is 1. The Labute approximate surface area is 113 Å². The summed E-state index contributed by atoms with van der Waals surface area (Å²) in [6.45, 7) is 15.7. The molecule has 0 bridgehead atoms. The topological polar surface area (TPSA) is 17.1 Å². The Morgan fingerprint density at radius 2 is 1.50 bits per heavy atom. The van der Waals surface area contributed by atoms with Gasteiger partial charge in [-0.3, -0.25) is 4.79 Å². The van der Waals surface area contributed by atoms with Crippen LogP contribution in [0.15, 0.2) is 11.1 Å². The van der Waals surface area contributed by atoms with Crippen molar-refractivity contribution in [3.8, 4) is 0 Å². The van der Waals surface area contributed by atoms with Crippen molar-refractivity contribution in [2.75, 3.05) is 0 Å². The third-order valence-electron chi connectivity index (χ3n) is 4.07. The summed E-state index contributed by atoms with van der Waals surface area (Å²) in [6.07, 6.45) is 3.83. The van der Waals surface area contributed by atoms with Crippen molar-refractivity contribution in [3.05, 3.63) is 11.1 Å². The molecule has 1 heteroatoms. The van der Waals surface area contributed by atoms with E-state index in [0.717, 1.165) is 19.3 Å². The predicted molar refractivity (Wildman–Crippen MR) is 78.6 cm³/mol. The maximum absolute atomic E-state index is 12.3. The molecule has 1 nitrogen and oxygen atoms in total. The minimum atomic E-state index is 0.120. The smallest absolute Gasteiger partial charge is 0.140 e. The van der Waals surface area contributed by atoms with Gasteiger partial charge in [-0.05, 0) is 23.7 Å². The molecule has 0 radical (unpaired) electrons. The van der Waals surface area contributed by atoms with Crippen molar-refractivity contribution < 1.29 is 4.79 Å². The van der Waals surface area contributed by atoms with Gasteiger partial charge in [0.2, 0.25) is 0 Å². The first-order valence-electron chi connectivity index (χ1n) is 7.33. The fraction of sp³-hybridized carbons (Fsp3) is 0.824. The largest absolute Gasteiger partial charge is 0.299 e. The first-order chi connectivity index (χ1) is 8.07. The number of hydrogen-bond acceptors (Lipinski definition) is 1. The van der Waals surface area contributed by atoms with Crippen LogP contribution < -0.4 is 0 Å². The Kier molecular flexibility index (Phi) is 4.46. The molecule has 0 heterocycles. The van der Waals surface area contributed by atoms with Crippen LogP contribution >= 0.6 is 0 Å². The van der Waals surface area contributed by atoms with Gasteiger partial charge in [-0.1, -0.05) is 66.0 Å². The molecule has 0 fully saturated rings. The van der Waals surface area contributed by atoms with Crippen molar-refractivity contribution in [1.82, 2.24) is 0 Å². The summed E-state index contributed by atoms with van der Waals surface area (Å²) in [5, 5.41) is 0. The third kappa shape index (κ3) is 3.46. The van der Waals surface area contributed by atoms with Crippen molar-refractivity contribution in [2.24, 2.45) is 16.7 Å². The standard InChI is InChI=1S/C17H30O/c1-8-9-12-10-13(16(2,3)4)14(11-15(12)18)17(5,6)7/h12H,8-11H2,1-7H3. The molecule has 0 amide bonds. The monoisotopic (exact) mass is 250 g/mol. The Bertz CT molecular complexity index is 347. The fourth-order valence-electron chi connectivity index (χ4n) is 3.00. The van der Waals surface area contributed by atoms with Gasteiger partial charge in [0, 0.05) is 12.3 Å². The summed E-state index contributed by atoms with van der Waals surface area (Å²) in [5.74, 6) is 0.741. The second-order valence-corrected chi connectivity index (χ2v) is 7.79. The molecule has 1 aliphatic rings. The third-order valence-corrected chi connectivity index (χ3v) is 4.07. The molecule has 0 saturated heterocycles. The normalized spacial score (nSPS) is 22.6. The minimum Gasteiger partial charge on any atom is -0.299 e. The lowest BCUT2D eigenvalue weighted by molar-refractivity contribution is -0.123. The zero-order chi connectivity index (χ0) is 14.1. The van der Waals surface area contributed by atoms with Gasteiger partial charge in [0.25, 0.3) is 0 Å². The number of hydrogen-bond donors (Lipinski definition) is 0. The zero-order valence-corrected chi connectivity index (χ0v) is 13.3. The van der Waals surface area contributed by atoms with Gasteiger partial charge < -0.3 is 0 Å². The van der Waals surface area contributed by atoms with Gasteiger partial charge in [-0.15, -0.1) is 0 Å². The quantitative estimate of drug-likeness (QED) is 0.619. The van der Waals surface area contributed by atoms with Crippen LogP contribution in [0.2, 0.25) is 0 Å². The van der Waals surface area contributed by atoms with Gasteiger partial charge in [-0.25, -0.2) is 0 Å². The van der Waals surface area contributed by atoms with Gasteiger partial charge in [0.15, 0.2) is 0 Å². The second kappa shape index (κ2) is 5.19. The van der Waals surface area contributed by atoms with E-state index in [0.29, 0.717) is 12.2 Å². The average molecular weight is 250 g/mol. The zero-order valence-electron chi connectivity index (χ0n) is 13.3. The van der Waals surface area contributed by atoms with E-state index in [-0.39, 0.29) is 16.7 Å². The highest BCUT2D eigenvalue weighted by atomic mass is 16.1. The summed E-state index contributed by atoms with van der Waals surface area (Å²) in [5.41, 5.74) is 3.24. The average Bonchev–Trinajstić information content (AvgIpc) is 2.17. The molecular weight excluding hydrogens is 220 g/mol. The molecule has 1 unspecified atom stereocenters. The van der Waals surface area contributed by atoms with Crippen molar-refractivity contribution in [2.45, 2.75) is 74.1 Å². The van der Waals surface area contributed by atoms with E-state index in [1.165, 1.54) is 11.1 Å². The fourth-order valence-corrected chi connectivity index (χ4v) is 3.00. The molecule has 0 N–H and O–H groups in total. The molecule has 0 aromatic carbocycles. The molecule has 0 aromatic heterocycles. The minimum absolute atomic E-state index is 0.120. The van der Waals surface area contributed by atoms with E-state index >= 15 is 0 Å². The van der Waals surface area contributed by atoms with Gasteiger partial charge in [0.05, 0.1) is 0 Å². The summed E-state index contributed by atoms with van der Waals surface area (Å²) in [7, 11) is 0. The molecule has 1 aliphatic carbocycles. The molecule has 0 saturated carbocycles. The number of Topliss-reactive ketones (excluding diaryl/α,β-unsaturated/α-hetero) is 1. The Morgan fingerprint density at radius 1 is 1.00 bits per heavy atom. The van der Waals surface area contributed by atoms with E-state index in [9.17, 15) is 4.79 Å². The van der Waals surface area contributed by atoms with E-state index in [1.807, 2.05) is 0 Å². The maximum Gasteiger partial charge on any atom is 0.140 e. The number of rotatable bonds is 2. The SMILES string of the molecule is CCCC1CC(C(C)(C)C)=C(C(C)(C)C)CC1=O. The Balaban J connectivity index is 3.18. The molecule has 0 aromatic rings. The van der Waals surface area contributed by atoms with E-state index in [2.05, 4.69) is 48.5 Å². The summed E-state index contributed by atoms with van der Waals surface area (Å²) >= 11 is 0. The van der Waals surface area contributed by atoms with Crippen LogP contribution in [-0.4, -0.2) is 5.78 Å². The van der Waals surface area contributed by atoms with Crippen LogP contribution in [0.5, 0.6) is 0 Å². The Hall–Kier alpha value is -0.590. The molecule has 1 rings (SSSR count). The number of ketones is 1. The molecule has 18 heavy (non-hydrogen) atoms. The van der Waals surface area contributed by atoms with Crippen LogP contribution in [0.25, 0.3) is 0 Å². The highest BCUT2D eigenvalue weighted by Crippen LogP contribution is 2.45. The number of carbonyl (C=O) groups is 1. The van der Waals surface area contributed by atoms with Crippen molar-refractivity contribution in [1.29, 1.82) is 0 Å². The Morgan fingerprint density at radius 3 is 1.89 bits per heavy atom. The molecular formula is C17H30O. The lowest BCUT2D eigenvalue weighted by Gasteiger charge is -2.39. The van der Waals surface area contributed by atoms with E-state index in [4.69, 9.17) is 0 Å². The lowest BCUT2D eigenvalue weighted by atomic mass is 9.66.